The van der Waals surface area contributed by atoms with Crippen LogP contribution in [0.3, 0.4) is 0 Å². The van der Waals surface area contributed by atoms with E-state index in [2.05, 4.69) is 5.32 Å². The van der Waals surface area contributed by atoms with Gasteiger partial charge in [-0.2, -0.15) is 0 Å². The highest BCUT2D eigenvalue weighted by Gasteiger charge is 2.18. The van der Waals surface area contributed by atoms with Crippen molar-refractivity contribution in [2.24, 2.45) is 0 Å². The summed E-state index contributed by atoms with van der Waals surface area (Å²) in [4.78, 5) is 36.2. The number of ketones is 1. The van der Waals surface area contributed by atoms with E-state index in [0.717, 1.165) is 0 Å². The van der Waals surface area contributed by atoms with Gasteiger partial charge in [-0.15, -0.1) is 0 Å². The molecule has 0 radical (unpaired) electrons. The summed E-state index contributed by atoms with van der Waals surface area (Å²) in [5.74, 6) is -1.72. The van der Waals surface area contributed by atoms with Crippen LogP contribution in [0, 0.1) is 0 Å². The van der Waals surface area contributed by atoms with Crippen LogP contribution in [0.4, 0.5) is 5.69 Å². The Morgan fingerprint density at radius 1 is 0.654 bits per heavy atom. The molecule has 0 aliphatic heterocycles. The van der Waals surface area contributed by atoms with E-state index in [-0.39, 0.29) is 16.9 Å². The Kier molecular flexibility index (Phi) is 4.90. The highest BCUT2D eigenvalue weighted by Crippen LogP contribution is 2.17. The summed E-state index contributed by atoms with van der Waals surface area (Å²) < 4.78 is 0. The third-order valence-electron chi connectivity index (χ3n) is 3.84. The average Bonchev–Trinajstić information content (AvgIpc) is 2.68. The van der Waals surface area contributed by atoms with Crippen molar-refractivity contribution in [3.05, 3.63) is 101 Å². The van der Waals surface area contributed by atoms with E-state index in [1.165, 1.54) is 24.3 Å². The maximum Gasteiger partial charge on any atom is 0.335 e. The molecule has 5 heteroatoms. The predicted molar refractivity (Wildman–Crippen MR) is 97.7 cm³/mol. The Labute approximate surface area is 149 Å². The second-order valence-electron chi connectivity index (χ2n) is 5.58. The summed E-state index contributed by atoms with van der Waals surface area (Å²) in [6.45, 7) is 0. The molecule has 1 amide bonds. The van der Waals surface area contributed by atoms with E-state index in [4.69, 9.17) is 5.11 Å². The number of carbonyl (C=O) groups excluding carboxylic acids is 2. The first-order chi connectivity index (χ1) is 12.6. The molecule has 0 saturated heterocycles. The van der Waals surface area contributed by atoms with Gasteiger partial charge in [0.1, 0.15) is 0 Å². The Hall–Kier alpha value is -3.73. The van der Waals surface area contributed by atoms with Crippen LogP contribution in [0.25, 0.3) is 0 Å². The van der Waals surface area contributed by atoms with Gasteiger partial charge >= 0.3 is 5.97 Å². The summed E-state index contributed by atoms with van der Waals surface area (Å²) in [7, 11) is 0. The lowest BCUT2D eigenvalue weighted by Gasteiger charge is -2.10. The van der Waals surface area contributed by atoms with Crippen molar-refractivity contribution >= 4 is 23.3 Å². The lowest BCUT2D eigenvalue weighted by Crippen LogP contribution is -2.17. The van der Waals surface area contributed by atoms with Crippen LogP contribution >= 0.6 is 0 Å². The summed E-state index contributed by atoms with van der Waals surface area (Å²) in [6.07, 6.45) is 0. The molecule has 5 nitrogen and oxygen atoms in total. The minimum Gasteiger partial charge on any atom is -0.478 e. The third-order valence-corrected chi connectivity index (χ3v) is 3.84. The van der Waals surface area contributed by atoms with Crippen molar-refractivity contribution in [1.29, 1.82) is 0 Å². The predicted octanol–water partition coefficient (Wildman–Crippen LogP) is 3.87. The summed E-state index contributed by atoms with van der Waals surface area (Å²) >= 11 is 0. The lowest BCUT2D eigenvalue weighted by atomic mass is 9.98. The van der Waals surface area contributed by atoms with Crippen molar-refractivity contribution in [2.45, 2.75) is 0 Å². The van der Waals surface area contributed by atoms with E-state index in [0.29, 0.717) is 16.8 Å². The fraction of sp³-hybridized carbons (Fsp3) is 0. The first kappa shape index (κ1) is 17.1. The molecule has 3 aromatic rings. The number of nitrogens with one attached hydrogen (secondary N) is 1. The molecule has 0 aromatic heterocycles. The molecule has 3 aromatic carbocycles. The molecule has 0 bridgehead atoms. The SMILES string of the molecule is O=C(O)c1ccc(NC(=O)c2ccccc2C(=O)c2ccccc2)cc1. The highest BCUT2D eigenvalue weighted by atomic mass is 16.4. The van der Waals surface area contributed by atoms with Crippen LogP contribution in [0.2, 0.25) is 0 Å². The average molecular weight is 345 g/mol. The largest absolute Gasteiger partial charge is 0.478 e. The van der Waals surface area contributed by atoms with Gasteiger partial charge in [-0.25, -0.2) is 4.79 Å². The molecule has 0 unspecified atom stereocenters. The fourth-order valence-corrected chi connectivity index (χ4v) is 2.52. The van der Waals surface area contributed by atoms with Gasteiger partial charge in [0, 0.05) is 16.8 Å². The number of benzene rings is 3. The number of amides is 1. The maximum atomic E-state index is 12.7. The number of rotatable bonds is 5. The Bertz CT molecular complexity index is 963. The van der Waals surface area contributed by atoms with Crippen molar-refractivity contribution in [1.82, 2.24) is 0 Å². The highest BCUT2D eigenvalue weighted by molar-refractivity contribution is 6.17. The first-order valence-electron chi connectivity index (χ1n) is 7.90. The zero-order valence-electron chi connectivity index (χ0n) is 13.7. The zero-order chi connectivity index (χ0) is 18.5. The number of hydrogen-bond acceptors (Lipinski definition) is 3. The number of hydrogen-bond donors (Lipinski definition) is 2. The summed E-state index contributed by atoms with van der Waals surface area (Å²) in [6, 6.07) is 21.1. The van der Waals surface area contributed by atoms with Crippen LogP contribution in [0.5, 0.6) is 0 Å². The lowest BCUT2D eigenvalue weighted by molar-refractivity contribution is 0.0696. The fourth-order valence-electron chi connectivity index (χ4n) is 2.52. The van der Waals surface area contributed by atoms with Crippen LogP contribution < -0.4 is 5.32 Å². The molecule has 26 heavy (non-hydrogen) atoms. The van der Waals surface area contributed by atoms with Crippen molar-refractivity contribution < 1.29 is 19.5 Å². The second-order valence-corrected chi connectivity index (χ2v) is 5.58. The van der Waals surface area contributed by atoms with Crippen LogP contribution in [0.1, 0.15) is 36.6 Å². The molecule has 0 saturated carbocycles. The second kappa shape index (κ2) is 7.44. The number of carboxylic acid groups (broad SMARTS) is 1. The molecule has 2 N–H and O–H groups in total. The van der Waals surface area contributed by atoms with Gasteiger partial charge in [-0.1, -0.05) is 48.5 Å². The van der Waals surface area contributed by atoms with Gasteiger partial charge in [-0.3, -0.25) is 9.59 Å². The van der Waals surface area contributed by atoms with Crippen molar-refractivity contribution in [3.8, 4) is 0 Å². The number of anilines is 1. The quantitative estimate of drug-likeness (QED) is 0.688. The van der Waals surface area contributed by atoms with Crippen LogP contribution in [-0.2, 0) is 0 Å². The number of carboxylic acids is 1. The minimum absolute atomic E-state index is 0.127. The van der Waals surface area contributed by atoms with Crippen LogP contribution in [-0.4, -0.2) is 22.8 Å². The molecular formula is C21H15NO4. The topological polar surface area (TPSA) is 83.5 Å². The van der Waals surface area contributed by atoms with E-state index in [1.54, 1.807) is 48.5 Å². The zero-order valence-corrected chi connectivity index (χ0v) is 13.7. The van der Waals surface area contributed by atoms with Crippen molar-refractivity contribution in [3.63, 3.8) is 0 Å². The third kappa shape index (κ3) is 3.67. The molecule has 0 atom stereocenters. The van der Waals surface area contributed by atoms with Crippen LogP contribution in [0.15, 0.2) is 78.9 Å². The van der Waals surface area contributed by atoms with E-state index >= 15 is 0 Å². The molecular weight excluding hydrogens is 330 g/mol. The summed E-state index contributed by atoms with van der Waals surface area (Å²) in [5, 5.41) is 11.6. The first-order valence-corrected chi connectivity index (χ1v) is 7.90. The Balaban J connectivity index is 1.86. The monoisotopic (exact) mass is 345 g/mol. The van der Waals surface area contributed by atoms with E-state index in [9.17, 15) is 14.4 Å². The molecule has 0 aliphatic carbocycles. The number of carbonyl (C=O) groups is 3. The standard InChI is InChI=1S/C21H15NO4/c23-19(14-6-2-1-3-7-14)17-8-4-5-9-18(17)20(24)22-16-12-10-15(11-13-16)21(25)26/h1-13H,(H,22,24)(H,25,26). The Morgan fingerprint density at radius 3 is 1.85 bits per heavy atom. The normalized spacial score (nSPS) is 10.2. The minimum atomic E-state index is -1.04. The smallest absolute Gasteiger partial charge is 0.335 e. The van der Waals surface area contributed by atoms with E-state index in [1.807, 2.05) is 6.07 Å². The summed E-state index contributed by atoms with van der Waals surface area (Å²) in [5.41, 5.74) is 1.63. The molecule has 3 rings (SSSR count). The maximum absolute atomic E-state index is 12.7. The van der Waals surface area contributed by atoms with Crippen molar-refractivity contribution in [2.75, 3.05) is 5.32 Å². The molecule has 0 fully saturated rings. The number of aromatic carboxylic acids is 1. The molecule has 0 spiro atoms. The Morgan fingerprint density at radius 2 is 1.23 bits per heavy atom. The van der Waals surface area contributed by atoms with Gasteiger partial charge in [0.05, 0.1) is 11.1 Å². The van der Waals surface area contributed by atoms with Gasteiger partial charge in [0.2, 0.25) is 0 Å². The molecule has 128 valence electrons. The molecule has 0 aliphatic rings. The molecule has 0 heterocycles. The van der Waals surface area contributed by atoms with Gasteiger partial charge in [0.15, 0.2) is 5.78 Å². The van der Waals surface area contributed by atoms with Gasteiger partial charge in [-0.05, 0) is 30.3 Å². The van der Waals surface area contributed by atoms with E-state index < -0.39 is 11.9 Å². The van der Waals surface area contributed by atoms with Gasteiger partial charge in [0.25, 0.3) is 5.91 Å². The van der Waals surface area contributed by atoms with Gasteiger partial charge < -0.3 is 10.4 Å².